The first kappa shape index (κ1) is 15.1. The van der Waals surface area contributed by atoms with E-state index in [1.165, 1.54) is 0 Å². The molecule has 20 heavy (non-hydrogen) atoms. The molecule has 2 rings (SSSR count). The fourth-order valence-corrected chi connectivity index (χ4v) is 2.55. The van der Waals surface area contributed by atoms with Crippen molar-refractivity contribution in [3.05, 3.63) is 28.8 Å². The molecule has 1 N–H and O–H groups in total. The Labute approximate surface area is 125 Å². The first-order valence-electron chi connectivity index (χ1n) is 6.89. The highest BCUT2D eigenvalue weighted by molar-refractivity contribution is 6.31. The van der Waals surface area contributed by atoms with Gasteiger partial charge >= 0.3 is 0 Å². The Morgan fingerprint density at radius 1 is 1.40 bits per heavy atom. The Bertz CT molecular complexity index is 483. The lowest BCUT2D eigenvalue weighted by atomic mass is 10.2. The summed E-state index contributed by atoms with van der Waals surface area (Å²) in [5.41, 5.74) is 1.89. The number of amides is 1. The van der Waals surface area contributed by atoms with E-state index in [2.05, 4.69) is 5.32 Å². The van der Waals surface area contributed by atoms with Gasteiger partial charge in [-0.1, -0.05) is 17.7 Å². The van der Waals surface area contributed by atoms with Crippen LogP contribution in [-0.4, -0.2) is 42.6 Å². The lowest BCUT2D eigenvalue weighted by Gasteiger charge is -2.35. The lowest BCUT2D eigenvalue weighted by Crippen LogP contribution is -2.49. The predicted octanol–water partition coefficient (Wildman–Crippen LogP) is 2.70. The first-order chi connectivity index (χ1) is 9.45. The molecule has 0 aliphatic carbocycles. The zero-order valence-electron chi connectivity index (χ0n) is 12.1. The van der Waals surface area contributed by atoms with Gasteiger partial charge in [-0.3, -0.25) is 4.79 Å². The van der Waals surface area contributed by atoms with Gasteiger partial charge in [0.15, 0.2) is 0 Å². The van der Waals surface area contributed by atoms with E-state index in [4.69, 9.17) is 16.3 Å². The van der Waals surface area contributed by atoms with Crippen molar-refractivity contribution in [1.29, 1.82) is 0 Å². The van der Waals surface area contributed by atoms with Crippen LogP contribution in [0.2, 0.25) is 5.02 Å². The summed E-state index contributed by atoms with van der Waals surface area (Å²) < 4.78 is 5.63. The summed E-state index contributed by atoms with van der Waals surface area (Å²) in [5, 5.41) is 3.83. The zero-order chi connectivity index (χ0) is 14.7. The molecular weight excluding hydrogens is 276 g/mol. The van der Waals surface area contributed by atoms with Crippen LogP contribution in [0.25, 0.3) is 0 Å². The number of halogens is 1. The summed E-state index contributed by atoms with van der Waals surface area (Å²) >= 11 is 6.06. The second-order valence-electron chi connectivity index (χ2n) is 5.37. The molecule has 1 saturated heterocycles. The van der Waals surface area contributed by atoms with Crippen molar-refractivity contribution in [3.63, 3.8) is 0 Å². The Morgan fingerprint density at radius 3 is 2.65 bits per heavy atom. The number of morpholine rings is 1. The minimum atomic E-state index is 0.0868. The summed E-state index contributed by atoms with van der Waals surface area (Å²) in [6, 6.07) is 5.71. The largest absolute Gasteiger partial charge is 0.376 e. The van der Waals surface area contributed by atoms with E-state index >= 15 is 0 Å². The average molecular weight is 297 g/mol. The Balaban J connectivity index is 1.89. The number of carbonyl (C=O) groups is 1. The molecule has 0 saturated carbocycles. The van der Waals surface area contributed by atoms with Crippen molar-refractivity contribution < 1.29 is 9.53 Å². The van der Waals surface area contributed by atoms with E-state index in [1.807, 2.05) is 43.9 Å². The molecule has 2 unspecified atom stereocenters. The number of hydrogen-bond acceptors (Lipinski definition) is 3. The second kappa shape index (κ2) is 6.46. The molecular formula is C15H21ClN2O2. The molecule has 0 bridgehead atoms. The number of nitrogens with one attached hydrogen (secondary N) is 1. The van der Waals surface area contributed by atoms with Crippen molar-refractivity contribution in [2.24, 2.45) is 0 Å². The third-order valence-electron chi connectivity index (χ3n) is 3.39. The van der Waals surface area contributed by atoms with Crippen LogP contribution in [-0.2, 0) is 9.53 Å². The van der Waals surface area contributed by atoms with Gasteiger partial charge in [-0.15, -0.1) is 0 Å². The maximum Gasteiger partial charge on any atom is 0.242 e. The quantitative estimate of drug-likeness (QED) is 0.932. The highest BCUT2D eigenvalue weighted by atomic mass is 35.5. The van der Waals surface area contributed by atoms with Crippen molar-refractivity contribution in [2.75, 3.05) is 25.0 Å². The molecule has 1 heterocycles. The summed E-state index contributed by atoms with van der Waals surface area (Å²) in [7, 11) is 0. The molecule has 5 heteroatoms. The third-order valence-corrected chi connectivity index (χ3v) is 3.80. The van der Waals surface area contributed by atoms with Crippen LogP contribution >= 0.6 is 11.6 Å². The fraction of sp³-hybridized carbons (Fsp3) is 0.533. The van der Waals surface area contributed by atoms with Crippen molar-refractivity contribution in [1.82, 2.24) is 4.90 Å². The number of hydrogen-bond donors (Lipinski definition) is 1. The second-order valence-corrected chi connectivity index (χ2v) is 5.78. The molecule has 0 radical (unpaired) electrons. The monoisotopic (exact) mass is 296 g/mol. The Hall–Kier alpha value is -1.26. The van der Waals surface area contributed by atoms with Crippen LogP contribution in [0.3, 0.4) is 0 Å². The molecule has 1 amide bonds. The number of rotatable bonds is 3. The molecule has 2 atom stereocenters. The van der Waals surface area contributed by atoms with Gasteiger partial charge in [0, 0.05) is 23.8 Å². The zero-order valence-corrected chi connectivity index (χ0v) is 12.9. The molecule has 0 spiro atoms. The Morgan fingerprint density at radius 2 is 2.05 bits per heavy atom. The third kappa shape index (κ3) is 3.87. The average Bonchev–Trinajstić information content (AvgIpc) is 2.38. The fourth-order valence-electron chi connectivity index (χ4n) is 2.37. The molecule has 1 fully saturated rings. The molecule has 110 valence electrons. The first-order valence-corrected chi connectivity index (χ1v) is 7.26. The van der Waals surface area contributed by atoms with Gasteiger partial charge in [0.2, 0.25) is 5.91 Å². The van der Waals surface area contributed by atoms with E-state index in [1.54, 1.807) is 0 Å². The molecule has 1 aromatic carbocycles. The van der Waals surface area contributed by atoms with Crippen molar-refractivity contribution >= 4 is 23.2 Å². The molecule has 0 aromatic heterocycles. The number of ether oxygens (including phenoxy) is 1. The van der Waals surface area contributed by atoms with Gasteiger partial charge in [-0.2, -0.15) is 0 Å². The van der Waals surface area contributed by atoms with Crippen LogP contribution in [0.5, 0.6) is 0 Å². The normalized spacial score (nSPS) is 22.7. The van der Waals surface area contributed by atoms with Crippen molar-refractivity contribution in [3.8, 4) is 0 Å². The summed E-state index contributed by atoms with van der Waals surface area (Å²) in [6.45, 7) is 7.51. The maximum absolute atomic E-state index is 12.2. The van der Waals surface area contributed by atoms with Crippen LogP contribution in [0.15, 0.2) is 18.2 Å². The predicted molar refractivity (Wildman–Crippen MR) is 81.3 cm³/mol. The minimum Gasteiger partial charge on any atom is -0.376 e. The smallest absolute Gasteiger partial charge is 0.242 e. The number of carbonyl (C=O) groups excluding carboxylic acids is 1. The highest BCUT2D eigenvalue weighted by Gasteiger charge is 2.25. The van der Waals surface area contributed by atoms with E-state index in [-0.39, 0.29) is 24.7 Å². The molecule has 4 nitrogen and oxygen atoms in total. The number of aryl methyl sites for hydroxylation is 1. The Kier molecular flexibility index (Phi) is 4.89. The molecule has 1 aliphatic rings. The van der Waals surface area contributed by atoms with Crippen molar-refractivity contribution in [2.45, 2.75) is 33.0 Å². The summed E-state index contributed by atoms with van der Waals surface area (Å²) in [6.07, 6.45) is 0.188. The van der Waals surface area contributed by atoms with Gasteiger partial charge in [0.25, 0.3) is 0 Å². The molecule has 1 aliphatic heterocycles. The van der Waals surface area contributed by atoms with Gasteiger partial charge in [-0.05, 0) is 38.5 Å². The van der Waals surface area contributed by atoms with E-state index in [0.29, 0.717) is 18.1 Å². The lowest BCUT2D eigenvalue weighted by molar-refractivity contribution is -0.141. The SMILES string of the molecule is Cc1ccc(NCC(=O)N2CC(C)OC(C)C2)cc1Cl. The van der Waals surface area contributed by atoms with Gasteiger partial charge in [0.1, 0.15) is 0 Å². The van der Waals surface area contributed by atoms with Crippen LogP contribution in [0.4, 0.5) is 5.69 Å². The number of nitrogens with zero attached hydrogens (tertiary/aromatic N) is 1. The van der Waals surface area contributed by atoms with E-state index < -0.39 is 0 Å². The highest BCUT2D eigenvalue weighted by Crippen LogP contribution is 2.20. The topological polar surface area (TPSA) is 41.6 Å². The minimum absolute atomic E-state index is 0.0868. The summed E-state index contributed by atoms with van der Waals surface area (Å²) in [5.74, 6) is 0.0868. The van der Waals surface area contributed by atoms with Gasteiger partial charge in [0.05, 0.1) is 18.8 Å². The van der Waals surface area contributed by atoms with Gasteiger partial charge in [-0.25, -0.2) is 0 Å². The van der Waals surface area contributed by atoms with Crippen LogP contribution in [0.1, 0.15) is 19.4 Å². The van der Waals surface area contributed by atoms with E-state index in [9.17, 15) is 4.79 Å². The maximum atomic E-state index is 12.2. The van der Waals surface area contributed by atoms with Crippen LogP contribution < -0.4 is 5.32 Å². The van der Waals surface area contributed by atoms with Gasteiger partial charge < -0.3 is 15.0 Å². The van der Waals surface area contributed by atoms with Crippen LogP contribution in [0, 0.1) is 6.92 Å². The standard InChI is InChI=1S/C15H21ClN2O2/c1-10-4-5-13(6-14(10)16)17-7-15(19)18-8-11(2)20-12(3)9-18/h4-6,11-12,17H,7-9H2,1-3H3. The summed E-state index contributed by atoms with van der Waals surface area (Å²) in [4.78, 5) is 14.0. The van der Waals surface area contributed by atoms with E-state index in [0.717, 1.165) is 11.3 Å². The number of benzene rings is 1. The number of anilines is 1. The molecule has 1 aromatic rings.